The number of carboxylic acid groups (broad SMARTS) is 3. The van der Waals surface area contributed by atoms with Gasteiger partial charge in [0.2, 0.25) is 5.91 Å². The van der Waals surface area contributed by atoms with Crippen molar-refractivity contribution < 1.29 is 39.6 Å². The number of aliphatic carboxylic acids is 3. The Morgan fingerprint density at radius 3 is 1.64 bits per heavy atom. The van der Waals surface area contributed by atoms with Gasteiger partial charge in [-0.15, -0.1) is 0 Å². The van der Waals surface area contributed by atoms with Crippen molar-refractivity contribution in [3.05, 3.63) is 0 Å². The highest BCUT2D eigenvalue weighted by Gasteiger charge is 2.40. The number of hydrogen-bond donors (Lipinski definition) is 5. The highest BCUT2D eigenvalue weighted by molar-refractivity contribution is 5.88. The zero-order valence-corrected chi connectivity index (χ0v) is 12.4. The zero-order chi connectivity index (χ0) is 17.8. The van der Waals surface area contributed by atoms with E-state index in [4.69, 9.17) is 26.2 Å². The smallest absolute Gasteiger partial charge is 0.336 e. The van der Waals surface area contributed by atoms with E-state index in [0.717, 1.165) is 12.8 Å². The number of amides is 1. The van der Waals surface area contributed by atoms with Crippen molar-refractivity contribution in [3.63, 3.8) is 0 Å². The minimum absolute atomic E-state index is 0.175. The molecule has 0 aromatic carbocycles. The fourth-order valence-electron chi connectivity index (χ4n) is 1.44. The molecule has 1 amide bonds. The second kappa shape index (κ2) is 11.5. The lowest BCUT2D eigenvalue weighted by Gasteiger charge is -2.18. The van der Waals surface area contributed by atoms with Crippen LogP contribution >= 0.6 is 0 Å². The predicted molar refractivity (Wildman–Crippen MR) is 75.0 cm³/mol. The first-order valence-corrected chi connectivity index (χ1v) is 6.72. The van der Waals surface area contributed by atoms with Gasteiger partial charge in [0.05, 0.1) is 12.8 Å². The number of primary amides is 1. The monoisotopic (exact) mass is 321 g/mol. The Bertz CT molecular complexity index is 378. The van der Waals surface area contributed by atoms with Crippen molar-refractivity contribution in [3.8, 4) is 0 Å². The summed E-state index contributed by atoms with van der Waals surface area (Å²) in [6.07, 6.45) is 2.79. The first-order valence-electron chi connectivity index (χ1n) is 6.72. The van der Waals surface area contributed by atoms with Gasteiger partial charge in [-0.05, 0) is 6.42 Å². The average molecular weight is 321 g/mol. The van der Waals surface area contributed by atoms with Gasteiger partial charge in [-0.1, -0.05) is 26.2 Å². The highest BCUT2D eigenvalue weighted by Crippen LogP contribution is 2.15. The van der Waals surface area contributed by atoms with Crippen molar-refractivity contribution >= 4 is 23.8 Å². The maximum Gasteiger partial charge on any atom is 0.336 e. The fourth-order valence-corrected chi connectivity index (χ4v) is 1.44. The molecular formula is C13H23NO8. The lowest BCUT2D eigenvalue weighted by Crippen LogP contribution is -2.42. The summed E-state index contributed by atoms with van der Waals surface area (Å²) in [6, 6.07) is 0. The van der Waals surface area contributed by atoms with E-state index < -0.39 is 36.4 Å². The van der Waals surface area contributed by atoms with Gasteiger partial charge in [0.1, 0.15) is 0 Å². The number of aliphatic hydroxyl groups is 1. The third kappa shape index (κ3) is 12.9. The van der Waals surface area contributed by atoms with Gasteiger partial charge in [0.15, 0.2) is 5.60 Å². The summed E-state index contributed by atoms with van der Waals surface area (Å²) in [5.74, 6) is -5.19. The molecule has 0 atom stereocenters. The first kappa shape index (κ1) is 22.1. The molecule has 0 radical (unpaired) electrons. The van der Waals surface area contributed by atoms with E-state index >= 15 is 0 Å². The Kier molecular flexibility index (Phi) is 11.6. The molecule has 0 saturated heterocycles. The topological polar surface area (TPSA) is 175 Å². The van der Waals surface area contributed by atoms with E-state index in [0.29, 0.717) is 6.42 Å². The molecule has 128 valence electrons. The summed E-state index contributed by atoms with van der Waals surface area (Å²) in [7, 11) is 0. The number of carbonyl (C=O) groups excluding carboxylic acids is 1. The number of hydrogen-bond acceptors (Lipinski definition) is 5. The summed E-state index contributed by atoms with van der Waals surface area (Å²) < 4.78 is 0. The van der Waals surface area contributed by atoms with E-state index in [9.17, 15) is 19.2 Å². The van der Waals surface area contributed by atoms with Gasteiger partial charge >= 0.3 is 17.9 Å². The Morgan fingerprint density at radius 2 is 1.36 bits per heavy atom. The van der Waals surface area contributed by atoms with Crippen LogP contribution in [0.4, 0.5) is 0 Å². The quantitative estimate of drug-likeness (QED) is 0.354. The maximum absolute atomic E-state index is 10.3. The van der Waals surface area contributed by atoms with E-state index in [-0.39, 0.29) is 5.91 Å². The number of unbranched alkanes of at least 4 members (excludes halogenated alkanes) is 3. The minimum Gasteiger partial charge on any atom is -0.481 e. The minimum atomic E-state index is -2.74. The lowest BCUT2D eigenvalue weighted by molar-refractivity contribution is -0.170. The molecular weight excluding hydrogens is 298 g/mol. The van der Waals surface area contributed by atoms with Crippen molar-refractivity contribution in [1.29, 1.82) is 0 Å². The fraction of sp³-hybridized carbons (Fsp3) is 0.692. The van der Waals surface area contributed by atoms with E-state index in [1.165, 1.54) is 12.8 Å². The van der Waals surface area contributed by atoms with E-state index in [1.807, 2.05) is 0 Å². The van der Waals surface area contributed by atoms with Gasteiger partial charge < -0.3 is 26.2 Å². The van der Waals surface area contributed by atoms with Crippen LogP contribution in [0.1, 0.15) is 51.9 Å². The summed E-state index contributed by atoms with van der Waals surface area (Å²) in [6.45, 7) is 2.14. The SMILES string of the molecule is CCCCCCC(N)=O.O=C(O)CC(O)(CC(=O)O)C(=O)O. The normalized spacial score (nSPS) is 10.3. The van der Waals surface area contributed by atoms with Crippen LogP contribution in [0.2, 0.25) is 0 Å². The molecule has 6 N–H and O–H groups in total. The third-order valence-corrected chi connectivity index (χ3v) is 2.56. The van der Waals surface area contributed by atoms with Gasteiger partial charge in [-0.2, -0.15) is 0 Å². The van der Waals surface area contributed by atoms with Gasteiger partial charge in [-0.3, -0.25) is 14.4 Å². The van der Waals surface area contributed by atoms with Crippen LogP contribution in [-0.2, 0) is 19.2 Å². The van der Waals surface area contributed by atoms with Crippen LogP contribution in [-0.4, -0.2) is 49.8 Å². The summed E-state index contributed by atoms with van der Waals surface area (Å²) in [5, 5.41) is 33.8. The summed E-state index contributed by atoms with van der Waals surface area (Å²) >= 11 is 0. The average Bonchev–Trinajstić information content (AvgIpc) is 2.33. The van der Waals surface area contributed by atoms with E-state index in [1.54, 1.807) is 0 Å². The molecule has 0 aromatic heterocycles. The number of carbonyl (C=O) groups is 4. The van der Waals surface area contributed by atoms with Crippen molar-refractivity contribution in [2.24, 2.45) is 5.73 Å². The van der Waals surface area contributed by atoms with Crippen LogP contribution in [0.5, 0.6) is 0 Å². The molecule has 9 nitrogen and oxygen atoms in total. The molecule has 0 heterocycles. The Morgan fingerprint density at radius 1 is 0.909 bits per heavy atom. The standard InChI is InChI=1S/C7H15NO.C6H8O7/c1-2-3-4-5-6-7(8)9;7-3(8)1-6(13,5(11)12)2-4(9)10/h2-6H2,1H3,(H2,8,9);13H,1-2H2,(H,7,8)(H,9,10)(H,11,12). The van der Waals surface area contributed by atoms with E-state index in [2.05, 4.69) is 6.92 Å². The van der Waals surface area contributed by atoms with Gasteiger partial charge in [0.25, 0.3) is 0 Å². The Labute approximate surface area is 127 Å². The van der Waals surface area contributed by atoms with Crippen molar-refractivity contribution in [2.45, 2.75) is 57.5 Å². The molecule has 0 aliphatic carbocycles. The third-order valence-electron chi connectivity index (χ3n) is 2.56. The second-order valence-electron chi connectivity index (χ2n) is 4.75. The molecule has 0 spiro atoms. The Hall–Kier alpha value is -2.16. The van der Waals surface area contributed by atoms with Crippen LogP contribution in [0.25, 0.3) is 0 Å². The molecule has 0 fully saturated rings. The number of nitrogens with two attached hydrogens (primary N) is 1. The summed E-state index contributed by atoms with van der Waals surface area (Å²) in [4.78, 5) is 40.7. The molecule has 9 heteroatoms. The maximum atomic E-state index is 10.3. The van der Waals surface area contributed by atoms with Crippen molar-refractivity contribution in [1.82, 2.24) is 0 Å². The van der Waals surface area contributed by atoms with Gasteiger partial charge in [0, 0.05) is 6.42 Å². The predicted octanol–water partition coefficient (Wildman–Crippen LogP) is 0.194. The molecule has 0 rings (SSSR count). The molecule has 0 unspecified atom stereocenters. The second-order valence-corrected chi connectivity index (χ2v) is 4.75. The molecule has 0 aromatic rings. The van der Waals surface area contributed by atoms with Crippen LogP contribution in [0, 0.1) is 0 Å². The molecule has 0 aliphatic rings. The van der Waals surface area contributed by atoms with Crippen molar-refractivity contribution in [2.75, 3.05) is 0 Å². The van der Waals surface area contributed by atoms with Gasteiger partial charge in [-0.25, -0.2) is 4.79 Å². The number of rotatable bonds is 10. The molecule has 0 bridgehead atoms. The van der Waals surface area contributed by atoms with Crippen LogP contribution in [0.3, 0.4) is 0 Å². The first-order chi connectivity index (χ1) is 10.0. The van der Waals surface area contributed by atoms with Crippen LogP contribution < -0.4 is 5.73 Å². The molecule has 22 heavy (non-hydrogen) atoms. The number of carboxylic acids is 3. The van der Waals surface area contributed by atoms with Crippen LogP contribution in [0.15, 0.2) is 0 Å². The Balaban J connectivity index is 0. The largest absolute Gasteiger partial charge is 0.481 e. The lowest BCUT2D eigenvalue weighted by atomic mass is 9.96. The highest BCUT2D eigenvalue weighted by atomic mass is 16.4. The molecule has 0 aliphatic heterocycles. The zero-order valence-electron chi connectivity index (χ0n) is 12.4. The summed E-state index contributed by atoms with van der Waals surface area (Å²) in [5.41, 5.74) is 2.20. The molecule has 0 saturated carbocycles.